The van der Waals surface area contributed by atoms with Crippen LogP contribution >= 0.6 is 7.82 Å². The molecule has 68 heavy (non-hydrogen) atoms. The number of phosphoric acid groups is 1. The van der Waals surface area contributed by atoms with E-state index in [1.54, 1.807) is 0 Å². The van der Waals surface area contributed by atoms with Crippen LogP contribution in [0.1, 0.15) is 264 Å². The Morgan fingerprint density at radius 1 is 0.456 bits per heavy atom. The van der Waals surface area contributed by atoms with Crippen LogP contribution in [0.25, 0.3) is 0 Å². The van der Waals surface area contributed by atoms with Gasteiger partial charge in [-0.15, -0.1) is 0 Å². The highest BCUT2D eigenvalue weighted by molar-refractivity contribution is 7.47. The van der Waals surface area contributed by atoms with Gasteiger partial charge in [0.1, 0.15) is 6.61 Å². The zero-order valence-electron chi connectivity index (χ0n) is 44.1. The third-order valence-corrected chi connectivity index (χ3v) is 13.1. The van der Waals surface area contributed by atoms with Gasteiger partial charge in [-0.1, -0.05) is 235 Å². The van der Waals surface area contributed by atoms with Crippen molar-refractivity contribution in [2.45, 2.75) is 270 Å². The van der Waals surface area contributed by atoms with Crippen LogP contribution in [0.2, 0.25) is 0 Å². The average Bonchev–Trinajstić information content (AvgIpc) is 3.33. The molecule has 0 aliphatic carbocycles. The first-order valence-electron chi connectivity index (χ1n) is 28.3. The number of carbonyl (C=O) groups is 2. The second-order valence-electron chi connectivity index (χ2n) is 18.8. The molecule has 0 aromatic rings. The Kier molecular flexibility index (Phi) is 52.2. The molecule has 3 N–H and O–H groups in total. The predicted molar refractivity (Wildman–Crippen MR) is 289 cm³/mol. The van der Waals surface area contributed by atoms with E-state index in [4.69, 9.17) is 24.3 Å². The number of allylic oxidation sites excluding steroid dienone is 10. The van der Waals surface area contributed by atoms with Crippen molar-refractivity contribution in [3.63, 3.8) is 0 Å². The van der Waals surface area contributed by atoms with E-state index >= 15 is 0 Å². The van der Waals surface area contributed by atoms with Gasteiger partial charge in [-0.05, 0) is 77.0 Å². The molecule has 0 bridgehead atoms. The van der Waals surface area contributed by atoms with Gasteiger partial charge in [0.05, 0.1) is 13.2 Å². The molecule has 0 aromatic heterocycles. The Labute approximate surface area is 419 Å². The van der Waals surface area contributed by atoms with E-state index < -0.39 is 26.5 Å². The fourth-order valence-corrected chi connectivity index (χ4v) is 8.74. The van der Waals surface area contributed by atoms with Gasteiger partial charge in [-0.25, -0.2) is 4.57 Å². The van der Waals surface area contributed by atoms with Gasteiger partial charge in [-0.2, -0.15) is 0 Å². The lowest BCUT2D eigenvalue weighted by molar-refractivity contribution is -0.161. The minimum Gasteiger partial charge on any atom is -0.462 e. The number of phosphoric ester groups is 1. The quantitative estimate of drug-likeness (QED) is 0.0264. The van der Waals surface area contributed by atoms with Crippen molar-refractivity contribution in [2.24, 2.45) is 5.73 Å². The largest absolute Gasteiger partial charge is 0.472 e. The summed E-state index contributed by atoms with van der Waals surface area (Å²) in [7, 11) is -4.38. The molecule has 2 atom stereocenters. The number of rotatable bonds is 53. The summed E-state index contributed by atoms with van der Waals surface area (Å²) in [5, 5.41) is 0. The first kappa shape index (κ1) is 65.7. The molecule has 0 saturated carbocycles. The highest BCUT2D eigenvalue weighted by Crippen LogP contribution is 2.43. The zero-order chi connectivity index (χ0) is 49.5. The molecule has 0 spiro atoms. The van der Waals surface area contributed by atoms with Crippen LogP contribution in [0, 0.1) is 0 Å². The van der Waals surface area contributed by atoms with Crippen LogP contribution in [0.5, 0.6) is 0 Å². The van der Waals surface area contributed by atoms with Crippen molar-refractivity contribution < 1.29 is 37.6 Å². The lowest BCUT2D eigenvalue weighted by Gasteiger charge is -2.19. The van der Waals surface area contributed by atoms with Crippen LogP contribution in [-0.4, -0.2) is 49.3 Å². The van der Waals surface area contributed by atoms with Crippen molar-refractivity contribution >= 4 is 19.8 Å². The van der Waals surface area contributed by atoms with Crippen molar-refractivity contribution in [3.05, 3.63) is 60.8 Å². The molecule has 0 aromatic carbocycles. The molecule has 0 fully saturated rings. The van der Waals surface area contributed by atoms with Crippen LogP contribution in [0.15, 0.2) is 60.8 Å². The Hall–Kier alpha value is -2.29. The van der Waals surface area contributed by atoms with Gasteiger partial charge in [-0.3, -0.25) is 18.6 Å². The summed E-state index contributed by atoms with van der Waals surface area (Å²) in [5.41, 5.74) is 5.37. The van der Waals surface area contributed by atoms with E-state index in [2.05, 4.69) is 74.6 Å². The minimum atomic E-state index is -4.38. The number of carbonyl (C=O) groups excluding carboxylic acids is 2. The van der Waals surface area contributed by atoms with Crippen molar-refractivity contribution in [3.8, 4) is 0 Å². The Morgan fingerprint density at radius 2 is 0.809 bits per heavy atom. The summed E-state index contributed by atoms with van der Waals surface area (Å²) in [6.45, 7) is 3.61. The second kappa shape index (κ2) is 54.1. The predicted octanol–water partition coefficient (Wildman–Crippen LogP) is 17.6. The number of hydrogen-bond acceptors (Lipinski definition) is 8. The lowest BCUT2D eigenvalue weighted by Crippen LogP contribution is -2.29. The maximum atomic E-state index is 12.7. The molecule has 0 amide bonds. The minimum absolute atomic E-state index is 0.0527. The van der Waals surface area contributed by atoms with Crippen LogP contribution in [0.4, 0.5) is 0 Å². The van der Waals surface area contributed by atoms with E-state index in [0.29, 0.717) is 6.42 Å². The molecule has 0 rings (SSSR count). The number of ether oxygens (including phenoxy) is 2. The molecule has 9 nitrogen and oxygen atoms in total. The Bertz CT molecular complexity index is 1300. The molecular weight excluding hydrogens is 870 g/mol. The maximum Gasteiger partial charge on any atom is 0.472 e. The average molecular weight is 976 g/mol. The third-order valence-electron chi connectivity index (χ3n) is 12.1. The van der Waals surface area contributed by atoms with Crippen molar-refractivity contribution in [2.75, 3.05) is 26.4 Å². The van der Waals surface area contributed by atoms with Gasteiger partial charge in [0, 0.05) is 19.4 Å². The summed E-state index contributed by atoms with van der Waals surface area (Å²) in [5.74, 6) is -0.830. The van der Waals surface area contributed by atoms with Gasteiger partial charge in [0.15, 0.2) is 6.10 Å². The molecule has 2 unspecified atom stereocenters. The van der Waals surface area contributed by atoms with E-state index in [-0.39, 0.29) is 38.6 Å². The molecule has 0 aliphatic rings. The Balaban J connectivity index is 3.81. The van der Waals surface area contributed by atoms with Gasteiger partial charge in [0.2, 0.25) is 0 Å². The first-order valence-corrected chi connectivity index (χ1v) is 29.8. The van der Waals surface area contributed by atoms with Crippen LogP contribution in [0.3, 0.4) is 0 Å². The molecule has 0 aliphatic heterocycles. The van der Waals surface area contributed by atoms with Gasteiger partial charge >= 0.3 is 19.8 Å². The molecular formula is C58H106NO8P. The number of nitrogens with two attached hydrogens (primary N) is 1. The Morgan fingerprint density at radius 3 is 1.22 bits per heavy atom. The standard InChI is InChI=1S/C58H106NO8P/c1-3-5-7-9-11-13-15-17-18-19-20-21-22-23-24-25-26-27-28-29-30-31-32-33-34-35-36-37-38-39-41-43-45-47-49-51-58(61)67-56(55-66-68(62,63)65-53-52-59)54-64-57(60)50-48-46-44-42-40-16-14-12-10-8-6-4-2/h5,7,11-14,17-18,20-21,56H,3-4,6,8-10,15-16,19,22-55,59H2,1-2H3,(H,62,63)/b7-5-,13-11-,14-12-,18-17-,21-20-. The third kappa shape index (κ3) is 53.1. The fraction of sp³-hybridized carbons (Fsp3) is 0.793. The van der Waals surface area contributed by atoms with Gasteiger partial charge < -0.3 is 20.1 Å². The number of hydrogen-bond donors (Lipinski definition) is 2. The molecule has 396 valence electrons. The highest BCUT2D eigenvalue weighted by Gasteiger charge is 2.26. The zero-order valence-corrected chi connectivity index (χ0v) is 45.0. The molecule has 0 heterocycles. The monoisotopic (exact) mass is 976 g/mol. The van der Waals surface area contributed by atoms with E-state index in [1.807, 2.05) is 0 Å². The molecule has 0 saturated heterocycles. The summed E-state index contributed by atoms with van der Waals surface area (Å²) in [6, 6.07) is 0. The summed E-state index contributed by atoms with van der Waals surface area (Å²) in [4.78, 5) is 35.0. The molecule has 0 radical (unpaired) electrons. The summed E-state index contributed by atoms with van der Waals surface area (Å²) < 4.78 is 32.9. The highest BCUT2D eigenvalue weighted by atomic mass is 31.2. The second-order valence-corrected chi connectivity index (χ2v) is 20.2. The van der Waals surface area contributed by atoms with Crippen LogP contribution in [-0.2, 0) is 32.7 Å². The number of esters is 2. The summed E-state index contributed by atoms with van der Waals surface area (Å²) in [6.07, 6.45) is 67.3. The topological polar surface area (TPSA) is 134 Å². The summed E-state index contributed by atoms with van der Waals surface area (Å²) >= 11 is 0. The lowest BCUT2D eigenvalue weighted by atomic mass is 10.0. The van der Waals surface area contributed by atoms with Crippen molar-refractivity contribution in [1.82, 2.24) is 0 Å². The molecule has 10 heteroatoms. The fourth-order valence-electron chi connectivity index (χ4n) is 7.98. The first-order chi connectivity index (χ1) is 33.3. The smallest absolute Gasteiger partial charge is 0.462 e. The van der Waals surface area contributed by atoms with Gasteiger partial charge in [0.25, 0.3) is 0 Å². The van der Waals surface area contributed by atoms with Crippen LogP contribution < -0.4 is 5.73 Å². The number of unbranched alkanes of at least 4 members (excludes halogenated alkanes) is 30. The van der Waals surface area contributed by atoms with E-state index in [0.717, 1.165) is 77.0 Å². The van der Waals surface area contributed by atoms with Crippen molar-refractivity contribution in [1.29, 1.82) is 0 Å². The SMILES string of the molecule is CC/C=C\C/C=C\C/C=C\C/C=C\CCCCCCCCCCCCCCCCCCCCCCCCC(=O)OC(COC(=O)CCCCCCC/C=C\CCCCC)COP(=O)(O)OCCN. The maximum absolute atomic E-state index is 12.7. The van der Waals surface area contributed by atoms with E-state index in [1.165, 1.54) is 154 Å². The normalized spacial score (nSPS) is 13.5. The van der Waals surface area contributed by atoms with E-state index in [9.17, 15) is 19.0 Å².